The maximum absolute atomic E-state index is 14.0. The van der Waals surface area contributed by atoms with E-state index in [2.05, 4.69) is 13.0 Å². The standard InChI is InChI=1S/C14H15ClFN/c1-10-5-7-14(9-17,8-6-10)11-3-2-4-12(15)13(11)16/h2-4,10H,5-8H2,1H3. The second-order valence-electron chi connectivity index (χ2n) is 4.98. The molecule has 0 N–H and O–H groups in total. The zero-order chi connectivity index (χ0) is 12.5. The Hall–Kier alpha value is -1.07. The maximum atomic E-state index is 14.0. The molecule has 0 atom stereocenters. The minimum Gasteiger partial charge on any atom is -0.205 e. The predicted molar refractivity (Wildman–Crippen MR) is 66.3 cm³/mol. The summed E-state index contributed by atoms with van der Waals surface area (Å²) in [6.45, 7) is 2.18. The molecule has 1 aliphatic carbocycles. The van der Waals surface area contributed by atoms with Crippen LogP contribution < -0.4 is 0 Å². The van der Waals surface area contributed by atoms with Gasteiger partial charge in [0.25, 0.3) is 0 Å². The molecule has 0 unspecified atom stereocenters. The van der Waals surface area contributed by atoms with Crippen molar-refractivity contribution < 1.29 is 4.39 Å². The van der Waals surface area contributed by atoms with Crippen molar-refractivity contribution in [2.75, 3.05) is 0 Å². The summed E-state index contributed by atoms with van der Waals surface area (Å²) in [5, 5.41) is 9.54. The van der Waals surface area contributed by atoms with E-state index >= 15 is 0 Å². The van der Waals surface area contributed by atoms with Gasteiger partial charge in [-0.2, -0.15) is 5.26 Å². The van der Waals surface area contributed by atoms with E-state index in [0.29, 0.717) is 11.5 Å². The van der Waals surface area contributed by atoms with E-state index in [-0.39, 0.29) is 5.02 Å². The van der Waals surface area contributed by atoms with Gasteiger partial charge in [-0.05, 0) is 37.7 Å². The van der Waals surface area contributed by atoms with Gasteiger partial charge in [0.2, 0.25) is 0 Å². The van der Waals surface area contributed by atoms with Crippen molar-refractivity contribution in [3.63, 3.8) is 0 Å². The third-order valence-corrected chi connectivity index (χ3v) is 4.10. The molecule has 1 aromatic carbocycles. The Morgan fingerprint density at radius 1 is 1.41 bits per heavy atom. The van der Waals surface area contributed by atoms with E-state index < -0.39 is 11.2 Å². The molecule has 3 heteroatoms. The smallest absolute Gasteiger partial charge is 0.146 e. The van der Waals surface area contributed by atoms with Gasteiger partial charge >= 0.3 is 0 Å². The highest BCUT2D eigenvalue weighted by atomic mass is 35.5. The fraction of sp³-hybridized carbons (Fsp3) is 0.500. The van der Waals surface area contributed by atoms with Crippen molar-refractivity contribution in [2.24, 2.45) is 5.92 Å². The van der Waals surface area contributed by atoms with Gasteiger partial charge in [-0.25, -0.2) is 4.39 Å². The summed E-state index contributed by atoms with van der Waals surface area (Å²) in [5.41, 5.74) is -0.207. The predicted octanol–water partition coefficient (Wildman–Crippen LogP) is 4.45. The fourth-order valence-corrected chi connectivity index (χ4v) is 2.74. The maximum Gasteiger partial charge on any atom is 0.146 e. The zero-order valence-corrected chi connectivity index (χ0v) is 10.6. The van der Waals surface area contributed by atoms with Crippen LogP contribution in [0.3, 0.4) is 0 Å². The molecule has 1 aromatic rings. The number of hydrogen-bond acceptors (Lipinski definition) is 1. The fourth-order valence-electron chi connectivity index (χ4n) is 2.57. The third-order valence-electron chi connectivity index (χ3n) is 3.81. The molecule has 90 valence electrons. The normalized spacial score (nSPS) is 28.7. The Labute approximate surface area is 106 Å². The summed E-state index contributed by atoms with van der Waals surface area (Å²) in [6.07, 6.45) is 3.39. The largest absolute Gasteiger partial charge is 0.205 e. The van der Waals surface area contributed by atoms with Crippen LogP contribution in [0.5, 0.6) is 0 Å². The number of rotatable bonds is 1. The summed E-state index contributed by atoms with van der Waals surface area (Å²) in [7, 11) is 0. The van der Waals surface area contributed by atoms with Gasteiger partial charge in [-0.3, -0.25) is 0 Å². The lowest BCUT2D eigenvalue weighted by atomic mass is 9.68. The van der Waals surface area contributed by atoms with E-state index in [1.165, 1.54) is 6.07 Å². The van der Waals surface area contributed by atoms with Crippen molar-refractivity contribution in [3.05, 3.63) is 34.6 Å². The van der Waals surface area contributed by atoms with Gasteiger partial charge in [0.1, 0.15) is 5.82 Å². The van der Waals surface area contributed by atoms with Gasteiger partial charge in [0.15, 0.2) is 0 Å². The molecule has 0 bridgehead atoms. The van der Waals surface area contributed by atoms with Crippen LogP contribution in [0.4, 0.5) is 4.39 Å². The number of hydrogen-bond donors (Lipinski definition) is 0. The highest BCUT2D eigenvalue weighted by molar-refractivity contribution is 6.30. The summed E-state index contributed by atoms with van der Waals surface area (Å²) in [5.74, 6) is 0.198. The molecular weight excluding hydrogens is 237 g/mol. The lowest BCUT2D eigenvalue weighted by Crippen LogP contribution is -2.30. The van der Waals surface area contributed by atoms with Crippen molar-refractivity contribution in [3.8, 4) is 6.07 Å². The first-order valence-corrected chi connectivity index (χ1v) is 6.32. The van der Waals surface area contributed by atoms with Crippen molar-refractivity contribution in [2.45, 2.75) is 38.0 Å². The topological polar surface area (TPSA) is 23.8 Å². The van der Waals surface area contributed by atoms with Crippen molar-refractivity contribution in [1.82, 2.24) is 0 Å². The molecule has 0 aliphatic heterocycles. The van der Waals surface area contributed by atoms with E-state index in [0.717, 1.165) is 25.7 Å². The second-order valence-corrected chi connectivity index (χ2v) is 5.39. The first kappa shape index (κ1) is 12.4. The molecule has 0 amide bonds. The number of nitrogens with zero attached hydrogens (tertiary/aromatic N) is 1. The van der Waals surface area contributed by atoms with Crippen LogP contribution in [-0.2, 0) is 5.41 Å². The summed E-state index contributed by atoms with van der Waals surface area (Å²) < 4.78 is 14.0. The van der Waals surface area contributed by atoms with Gasteiger partial charge in [0, 0.05) is 5.56 Å². The molecule has 1 aliphatic rings. The second kappa shape index (κ2) is 4.66. The lowest BCUT2D eigenvalue weighted by Gasteiger charge is -2.34. The molecule has 0 aromatic heterocycles. The molecule has 0 saturated heterocycles. The SMILES string of the molecule is CC1CCC(C#N)(c2cccc(Cl)c2F)CC1. The van der Waals surface area contributed by atoms with E-state index in [1.54, 1.807) is 12.1 Å². The molecule has 1 nitrogen and oxygen atoms in total. The Morgan fingerprint density at radius 3 is 2.65 bits per heavy atom. The molecular formula is C14H15ClFN. The summed E-state index contributed by atoms with van der Waals surface area (Å²) >= 11 is 5.80. The van der Waals surface area contributed by atoms with Crippen LogP contribution in [0.15, 0.2) is 18.2 Å². The first-order valence-electron chi connectivity index (χ1n) is 5.95. The Bertz CT molecular complexity index is 456. The molecule has 0 spiro atoms. The third kappa shape index (κ3) is 2.17. The minimum atomic E-state index is -0.679. The lowest BCUT2D eigenvalue weighted by molar-refractivity contribution is 0.288. The highest BCUT2D eigenvalue weighted by Crippen LogP contribution is 2.42. The quantitative estimate of drug-likeness (QED) is 0.723. The van der Waals surface area contributed by atoms with Crippen LogP contribution in [-0.4, -0.2) is 0 Å². The molecule has 0 heterocycles. The molecule has 1 fully saturated rings. The minimum absolute atomic E-state index is 0.107. The van der Waals surface area contributed by atoms with Crippen LogP contribution in [0.2, 0.25) is 5.02 Å². The molecule has 17 heavy (non-hydrogen) atoms. The van der Waals surface area contributed by atoms with Crippen LogP contribution in [0.25, 0.3) is 0 Å². The van der Waals surface area contributed by atoms with Crippen molar-refractivity contribution in [1.29, 1.82) is 5.26 Å². The zero-order valence-electron chi connectivity index (χ0n) is 9.84. The van der Waals surface area contributed by atoms with Crippen molar-refractivity contribution >= 4 is 11.6 Å². The number of halogens is 2. The molecule has 1 saturated carbocycles. The van der Waals surface area contributed by atoms with E-state index in [9.17, 15) is 9.65 Å². The Kier molecular flexibility index (Phi) is 3.40. The van der Waals surface area contributed by atoms with Gasteiger partial charge in [0.05, 0.1) is 16.5 Å². The van der Waals surface area contributed by atoms with Crippen LogP contribution in [0, 0.1) is 23.1 Å². The van der Waals surface area contributed by atoms with Gasteiger partial charge in [-0.1, -0.05) is 30.7 Å². The molecule has 0 radical (unpaired) electrons. The van der Waals surface area contributed by atoms with E-state index in [1.807, 2.05) is 0 Å². The van der Waals surface area contributed by atoms with Gasteiger partial charge < -0.3 is 0 Å². The van der Waals surface area contributed by atoms with Crippen LogP contribution >= 0.6 is 11.6 Å². The average molecular weight is 252 g/mol. The first-order chi connectivity index (χ1) is 8.09. The summed E-state index contributed by atoms with van der Waals surface area (Å²) in [6, 6.07) is 7.26. The average Bonchev–Trinajstić information content (AvgIpc) is 2.35. The number of nitriles is 1. The van der Waals surface area contributed by atoms with Crippen LogP contribution in [0.1, 0.15) is 38.2 Å². The molecule has 2 rings (SSSR count). The number of benzene rings is 1. The Balaban J connectivity index is 2.42. The highest BCUT2D eigenvalue weighted by Gasteiger charge is 2.38. The summed E-state index contributed by atoms with van der Waals surface area (Å²) in [4.78, 5) is 0. The monoisotopic (exact) mass is 251 g/mol. The Morgan fingerprint density at radius 2 is 2.06 bits per heavy atom. The van der Waals surface area contributed by atoms with E-state index in [4.69, 9.17) is 11.6 Å². The van der Waals surface area contributed by atoms with Gasteiger partial charge in [-0.15, -0.1) is 0 Å².